The first-order chi connectivity index (χ1) is 9.78. The van der Waals surface area contributed by atoms with E-state index in [1.807, 2.05) is 36.7 Å². The van der Waals surface area contributed by atoms with Crippen molar-refractivity contribution in [2.75, 3.05) is 20.3 Å². The Balaban J connectivity index is 1.86. The van der Waals surface area contributed by atoms with Gasteiger partial charge in [-0.2, -0.15) is 0 Å². The Morgan fingerprint density at radius 3 is 2.55 bits per heavy atom. The largest absolute Gasteiger partial charge is 0.383 e. The monoisotopic (exact) mass is 309 g/mol. The third-order valence-electron chi connectivity index (χ3n) is 2.52. The van der Waals surface area contributed by atoms with Crippen LogP contribution < -0.4 is 5.32 Å². The molecule has 0 fully saturated rings. The van der Waals surface area contributed by atoms with Crippen LogP contribution in [-0.4, -0.2) is 30.2 Å². The molecule has 1 aromatic heterocycles. The first kappa shape index (κ1) is 15.3. The number of rotatable bonds is 7. The Morgan fingerprint density at radius 2 is 1.90 bits per heavy atom. The average Bonchev–Trinajstić information content (AvgIpc) is 2.48. The zero-order chi connectivity index (χ0) is 14.2. The first-order valence-electron chi connectivity index (χ1n) is 6.22. The minimum Gasteiger partial charge on any atom is -0.383 e. The van der Waals surface area contributed by atoms with Crippen LogP contribution in [-0.2, 0) is 11.3 Å². The van der Waals surface area contributed by atoms with E-state index in [2.05, 4.69) is 15.3 Å². The molecule has 6 heteroatoms. The van der Waals surface area contributed by atoms with Crippen LogP contribution in [0.25, 0.3) is 0 Å². The summed E-state index contributed by atoms with van der Waals surface area (Å²) in [6, 6.07) is 7.63. The molecule has 0 saturated heterocycles. The van der Waals surface area contributed by atoms with Gasteiger partial charge in [-0.05, 0) is 36.0 Å². The zero-order valence-corrected chi connectivity index (χ0v) is 12.7. The SMILES string of the molecule is COCCNCc1cnc(Sc2ccc(Cl)cc2)nc1. The minimum atomic E-state index is 0.700. The molecule has 1 aromatic carbocycles. The van der Waals surface area contributed by atoms with Gasteiger partial charge in [-0.3, -0.25) is 0 Å². The van der Waals surface area contributed by atoms with Crippen molar-refractivity contribution in [3.63, 3.8) is 0 Å². The van der Waals surface area contributed by atoms with Crippen LogP contribution in [0.3, 0.4) is 0 Å². The highest BCUT2D eigenvalue weighted by Gasteiger charge is 2.01. The molecule has 4 nitrogen and oxygen atoms in total. The summed E-state index contributed by atoms with van der Waals surface area (Å²) < 4.78 is 4.97. The highest BCUT2D eigenvalue weighted by molar-refractivity contribution is 7.99. The third-order valence-corrected chi connectivity index (χ3v) is 3.67. The number of nitrogens with one attached hydrogen (secondary N) is 1. The van der Waals surface area contributed by atoms with Crippen LogP contribution in [0.4, 0.5) is 0 Å². The summed E-state index contributed by atoms with van der Waals surface area (Å²) in [5.41, 5.74) is 1.06. The summed E-state index contributed by atoms with van der Waals surface area (Å²) in [7, 11) is 1.69. The van der Waals surface area contributed by atoms with Crippen molar-refractivity contribution in [3.8, 4) is 0 Å². The number of halogens is 1. The van der Waals surface area contributed by atoms with Crippen molar-refractivity contribution in [1.82, 2.24) is 15.3 Å². The van der Waals surface area contributed by atoms with Crippen LogP contribution in [0.15, 0.2) is 46.7 Å². The van der Waals surface area contributed by atoms with Gasteiger partial charge in [-0.1, -0.05) is 11.6 Å². The lowest BCUT2D eigenvalue weighted by Gasteiger charge is -2.04. The Morgan fingerprint density at radius 1 is 1.20 bits per heavy atom. The summed E-state index contributed by atoms with van der Waals surface area (Å²) in [5, 5.41) is 4.71. The molecule has 2 aromatic rings. The average molecular weight is 310 g/mol. The number of hydrogen-bond acceptors (Lipinski definition) is 5. The number of ether oxygens (including phenoxy) is 1. The first-order valence-corrected chi connectivity index (χ1v) is 7.41. The van der Waals surface area contributed by atoms with Crippen molar-refractivity contribution < 1.29 is 4.74 Å². The molecule has 0 atom stereocenters. The van der Waals surface area contributed by atoms with Gasteiger partial charge in [0, 0.05) is 48.1 Å². The Bertz CT molecular complexity index is 519. The quantitative estimate of drug-likeness (QED) is 0.629. The zero-order valence-electron chi connectivity index (χ0n) is 11.2. The molecular weight excluding hydrogens is 294 g/mol. The van der Waals surface area contributed by atoms with Gasteiger partial charge in [-0.25, -0.2) is 9.97 Å². The predicted octanol–water partition coefficient (Wildman–Crippen LogP) is 3.02. The van der Waals surface area contributed by atoms with E-state index in [1.54, 1.807) is 7.11 Å². The second-order valence-electron chi connectivity index (χ2n) is 4.10. The van der Waals surface area contributed by atoms with Crippen LogP contribution in [0.5, 0.6) is 0 Å². The van der Waals surface area contributed by atoms with Crippen LogP contribution >= 0.6 is 23.4 Å². The van der Waals surface area contributed by atoms with Gasteiger partial charge in [0.25, 0.3) is 0 Å². The summed E-state index contributed by atoms with van der Waals surface area (Å²) in [4.78, 5) is 9.76. The maximum absolute atomic E-state index is 5.85. The molecular formula is C14H16ClN3OS. The van der Waals surface area contributed by atoms with E-state index in [0.717, 1.165) is 33.7 Å². The topological polar surface area (TPSA) is 47.0 Å². The molecule has 20 heavy (non-hydrogen) atoms. The van der Waals surface area contributed by atoms with Gasteiger partial charge < -0.3 is 10.1 Å². The van der Waals surface area contributed by atoms with E-state index in [-0.39, 0.29) is 0 Å². The molecule has 0 spiro atoms. The van der Waals surface area contributed by atoms with Crippen LogP contribution in [0.1, 0.15) is 5.56 Å². The Kier molecular flexibility index (Phi) is 6.26. The van der Waals surface area contributed by atoms with Crippen molar-refractivity contribution in [2.24, 2.45) is 0 Å². The molecule has 0 aliphatic heterocycles. The van der Waals surface area contributed by atoms with E-state index in [9.17, 15) is 0 Å². The summed E-state index contributed by atoms with van der Waals surface area (Å²) >= 11 is 7.37. The van der Waals surface area contributed by atoms with Crippen LogP contribution in [0.2, 0.25) is 5.02 Å². The molecule has 0 bridgehead atoms. The van der Waals surface area contributed by atoms with Gasteiger partial charge in [0.15, 0.2) is 5.16 Å². The fourth-order valence-corrected chi connectivity index (χ4v) is 2.32. The molecule has 1 N–H and O–H groups in total. The van der Waals surface area contributed by atoms with Gasteiger partial charge in [0.1, 0.15) is 0 Å². The van der Waals surface area contributed by atoms with E-state index >= 15 is 0 Å². The van der Waals surface area contributed by atoms with E-state index < -0.39 is 0 Å². The number of methoxy groups -OCH3 is 1. The number of hydrogen-bond donors (Lipinski definition) is 1. The highest BCUT2D eigenvalue weighted by atomic mass is 35.5. The molecule has 0 saturated carbocycles. The van der Waals surface area contributed by atoms with Crippen LogP contribution in [0, 0.1) is 0 Å². The van der Waals surface area contributed by atoms with Crippen molar-refractivity contribution in [1.29, 1.82) is 0 Å². The van der Waals surface area contributed by atoms with Gasteiger partial charge in [0.05, 0.1) is 6.61 Å². The van der Waals surface area contributed by atoms with Crippen molar-refractivity contribution >= 4 is 23.4 Å². The highest BCUT2D eigenvalue weighted by Crippen LogP contribution is 2.25. The lowest BCUT2D eigenvalue weighted by molar-refractivity contribution is 0.199. The maximum Gasteiger partial charge on any atom is 0.192 e. The lowest BCUT2D eigenvalue weighted by atomic mass is 10.3. The summed E-state index contributed by atoms with van der Waals surface area (Å²) in [6.45, 7) is 2.26. The molecule has 106 valence electrons. The second kappa shape index (κ2) is 8.21. The lowest BCUT2D eigenvalue weighted by Crippen LogP contribution is -2.18. The van der Waals surface area contributed by atoms with Gasteiger partial charge in [0.2, 0.25) is 0 Å². The standard InChI is InChI=1S/C14H16ClN3OS/c1-19-7-6-16-8-11-9-17-14(18-10-11)20-13-4-2-12(15)3-5-13/h2-5,9-10,16H,6-8H2,1H3. The Labute approximate surface area is 127 Å². The summed E-state index contributed by atoms with van der Waals surface area (Å²) in [6.07, 6.45) is 3.68. The van der Waals surface area contributed by atoms with E-state index in [0.29, 0.717) is 6.61 Å². The second-order valence-corrected chi connectivity index (χ2v) is 5.58. The van der Waals surface area contributed by atoms with E-state index in [4.69, 9.17) is 16.3 Å². The fraction of sp³-hybridized carbons (Fsp3) is 0.286. The fourth-order valence-electron chi connectivity index (χ4n) is 1.50. The molecule has 0 unspecified atom stereocenters. The molecule has 0 amide bonds. The van der Waals surface area contributed by atoms with Crippen molar-refractivity contribution in [2.45, 2.75) is 16.6 Å². The number of benzene rings is 1. The van der Waals surface area contributed by atoms with E-state index in [1.165, 1.54) is 11.8 Å². The third kappa shape index (κ3) is 5.09. The molecule has 1 heterocycles. The summed E-state index contributed by atoms with van der Waals surface area (Å²) in [5.74, 6) is 0. The number of nitrogens with zero attached hydrogens (tertiary/aromatic N) is 2. The molecule has 0 aliphatic carbocycles. The normalized spacial score (nSPS) is 10.7. The van der Waals surface area contributed by atoms with Gasteiger partial charge >= 0.3 is 0 Å². The molecule has 0 radical (unpaired) electrons. The minimum absolute atomic E-state index is 0.700. The van der Waals surface area contributed by atoms with Gasteiger partial charge in [-0.15, -0.1) is 0 Å². The van der Waals surface area contributed by atoms with Crippen molar-refractivity contribution in [3.05, 3.63) is 47.2 Å². The Hall–Kier alpha value is -1.14. The number of aromatic nitrogens is 2. The maximum atomic E-state index is 5.85. The molecule has 2 rings (SSSR count). The predicted molar refractivity (Wildman–Crippen MR) is 81.2 cm³/mol. The molecule has 0 aliphatic rings. The smallest absolute Gasteiger partial charge is 0.192 e.